The molecule has 22 heavy (non-hydrogen) atoms. The Bertz CT molecular complexity index is 708. The van der Waals surface area contributed by atoms with Gasteiger partial charge in [-0.15, -0.1) is 0 Å². The van der Waals surface area contributed by atoms with E-state index in [0.29, 0.717) is 5.88 Å². The number of methoxy groups -OCH3 is 1. The van der Waals surface area contributed by atoms with Crippen molar-refractivity contribution >= 4 is 23.6 Å². The Hall–Kier alpha value is -3.15. The molecule has 1 aromatic carbocycles. The van der Waals surface area contributed by atoms with Gasteiger partial charge >= 0.3 is 5.97 Å². The third-order valence-corrected chi connectivity index (χ3v) is 2.81. The number of para-hydroxylation sites is 1. The molecule has 1 amide bonds. The van der Waals surface area contributed by atoms with Gasteiger partial charge in [-0.05, 0) is 29.8 Å². The summed E-state index contributed by atoms with van der Waals surface area (Å²) >= 11 is 0. The number of anilines is 1. The van der Waals surface area contributed by atoms with Crippen molar-refractivity contribution in [2.75, 3.05) is 12.4 Å². The number of nitrogens with zero attached hydrogens (tertiary/aromatic N) is 1. The standard InChI is InChI=1S/C16H14N2O4/c1-22-15-9-7-11(10-17-15)6-8-14(19)18-13-5-3-2-4-12(13)16(20)21/h2-10H,1H3,(H,18,19)(H,20,21). The number of rotatable bonds is 5. The highest BCUT2D eigenvalue weighted by Gasteiger charge is 2.10. The topological polar surface area (TPSA) is 88.5 Å². The van der Waals surface area contributed by atoms with Crippen LogP contribution < -0.4 is 10.1 Å². The minimum absolute atomic E-state index is 0.0374. The number of benzene rings is 1. The van der Waals surface area contributed by atoms with Crippen LogP contribution in [0, 0.1) is 0 Å². The van der Waals surface area contributed by atoms with Crippen LogP contribution in [0.4, 0.5) is 5.69 Å². The van der Waals surface area contributed by atoms with Crippen LogP contribution in [-0.4, -0.2) is 29.1 Å². The number of amides is 1. The van der Waals surface area contributed by atoms with Gasteiger partial charge in [-0.25, -0.2) is 9.78 Å². The minimum Gasteiger partial charge on any atom is -0.481 e. The predicted molar refractivity (Wildman–Crippen MR) is 81.9 cm³/mol. The van der Waals surface area contributed by atoms with Crippen molar-refractivity contribution in [3.8, 4) is 5.88 Å². The lowest BCUT2D eigenvalue weighted by molar-refractivity contribution is -0.111. The molecule has 2 aromatic rings. The maximum absolute atomic E-state index is 11.8. The molecule has 0 aliphatic carbocycles. The summed E-state index contributed by atoms with van der Waals surface area (Å²) < 4.78 is 4.94. The second-order valence-corrected chi connectivity index (χ2v) is 4.31. The number of nitrogens with one attached hydrogen (secondary N) is 1. The third kappa shape index (κ3) is 3.92. The fourth-order valence-electron chi connectivity index (χ4n) is 1.74. The van der Waals surface area contributed by atoms with Gasteiger partial charge in [0.15, 0.2) is 0 Å². The van der Waals surface area contributed by atoms with E-state index in [1.54, 1.807) is 36.5 Å². The van der Waals surface area contributed by atoms with Gasteiger partial charge in [0.1, 0.15) is 0 Å². The zero-order valence-corrected chi connectivity index (χ0v) is 11.8. The summed E-state index contributed by atoms with van der Waals surface area (Å²) in [6, 6.07) is 9.63. The highest BCUT2D eigenvalue weighted by Crippen LogP contribution is 2.15. The Balaban J connectivity index is 2.06. The van der Waals surface area contributed by atoms with E-state index in [1.165, 1.54) is 25.3 Å². The molecule has 6 heteroatoms. The minimum atomic E-state index is -1.10. The summed E-state index contributed by atoms with van der Waals surface area (Å²) in [5.74, 6) is -1.04. The average molecular weight is 298 g/mol. The number of aromatic nitrogens is 1. The quantitative estimate of drug-likeness (QED) is 0.828. The maximum Gasteiger partial charge on any atom is 0.337 e. The highest BCUT2D eigenvalue weighted by atomic mass is 16.5. The first-order valence-electron chi connectivity index (χ1n) is 6.41. The van der Waals surface area contributed by atoms with E-state index in [0.717, 1.165) is 5.56 Å². The van der Waals surface area contributed by atoms with Crippen LogP contribution in [0.25, 0.3) is 6.08 Å². The van der Waals surface area contributed by atoms with Crippen molar-refractivity contribution in [2.45, 2.75) is 0 Å². The maximum atomic E-state index is 11.8. The molecule has 0 atom stereocenters. The van der Waals surface area contributed by atoms with Crippen LogP contribution in [0.3, 0.4) is 0 Å². The van der Waals surface area contributed by atoms with E-state index in [4.69, 9.17) is 9.84 Å². The van der Waals surface area contributed by atoms with Crippen molar-refractivity contribution < 1.29 is 19.4 Å². The van der Waals surface area contributed by atoms with Crippen LogP contribution >= 0.6 is 0 Å². The number of carboxylic acid groups (broad SMARTS) is 1. The number of hydrogen-bond donors (Lipinski definition) is 2. The molecule has 1 heterocycles. The van der Waals surface area contributed by atoms with Crippen molar-refractivity contribution in [1.82, 2.24) is 4.98 Å². The second kappa shape index (κ2) is 7.03. The Kier molecular flexibility index (Phi) is 4.87. The average Bonchev–Trinajstić information content (AvgIpc) is 2.53. The number of aromatic carboxylic acids is 1. The molecule has 0 radical (unpaired) electrons. The van der Waals surface area contributed by atoms with Crippen LogP contribution in [-0.2, 0) is 4.79 Å². The first kappa shape index (κ1) is 15.2. The lowest BCUT2D eigenvalue weighted by Crippen LogP contribution is -2.11. The number of carboxylic acids is 1. The van der Waals surface area contributed by atoms with Crippen molar-refractivity contribution in [3.63, 3.8) is 0 Å². The molecule has 0 aliphatic rings. The zero-order valence-electron chi connectivity index (χ0n) is 11.8. The Morgan fingerprint density at radius 3 is 2.64 bits per heavy atom. The summed E-state index contributed by atoms with van der Waals surface area (Å²) in [6.45, 7) is 0. The first-order chi connectivity index (χ1) is 10.6. The van der Waals surface area contributed by atoms with Gasteiger partial charge in [0.25, 0.3) is 0 Å². The van der Waals surface area contributed by atoms with Crippen LogP contribution in [0.5, 0.6) is 5.88 Å². The molecular weight excluding hydrogens is 284 g/mol. The monoisotopic (exact) mass is 298 g/mol. The Morgan fingerprint density at radius 1 is 1.23 bits per heavy atom. The highest BCUT2D eigenvalue weighted by molar-refractivity contribution is 6.06. The molecule has 0 saturated heterocycles. The smallest absolute Gasteiger partial charge is 0.337 e. The molecular formula is C16H14N2O4. The summed E-state index contributed by atoms with van der Waals surface area (Å²) in [5, 5.41) is 11.6. The van der Waals surface area contributed by atoms with Gasteiger partial charge in [0.05, 0.1) is 18.4 Å². The van der Waals surface area contributed by atoms with E-state index in [2.05, 4.69) is 10.3 Å². The van der Waals surface area contributed by atoms with E-state index < -0.39 is 11.9 Å². The van der Waals surface area contributed by atoms with E-state index in [-0.39, 0.29) is 11.3 Å². The molecule has 0 unspecified atom stereocenters. The molecule has 0 spiro atoms. The van der Waals surface area contributed by atoms with Gasteiger partial charge in [-0.3, -0.25) is 4.79 Å². The van der Waals surface area contributed by atoms with Crippen LogP contribution in [0.1, 0.15) is 15.9 Å². The van der Waals surface area contributed by atoms with Crippen molar-refractivity contribution in [1.29, 1.82) is 0 Å². The largest absolute Gasteiger partial charge is 0.481 e. The number of pyridine rings is 1. The molecule has 1 aromatic heterocycles. The number of hydrogen-bond acceptors (Lipinski definition) is 4. The van der Waals surface area contributed by atoms with Crippen LogP contribution in [0.2, 0.25) is 0 Å². The second-order valence-electron chi connectivity index (χ2n) is 4.31. The summed E-state index contributed by atoms with van der Waals surface area (Å²) in [6.07, 6.45) is 4.45. The first-order valence-corrected chi connectivity index (χ1v) is 6.41. The number of carbonyl (C=O) groups excluding carboxylic acids is 1. The third-order valence-electron chi connectivity index (χ3n) is 2.81. The van der Waals surface area contributed by atoms with Gasteiger partial charge in [-0.1, -0.05) is 12.1 Å². The van der Waals surface area contributed by atoms with E-state index >= 15 is 0 Å². The molecule has 0 saturated carbocycles. The van der Waals surface area contributed by atoms with Crippen LogP contribution in [0.15, 0.2) is 48.7 Å². The molecule has 0 fully saturated rings. The fraction of sp³-hybridized carbons (Fsp3) is 0.0625. The molecule has 0 aliphatic heterocycles. The molecule has 112 valence electrons. The molecule has 2 N–H and O–H groups in total. The number of ether oxygens (including phenoxy) is 1. The molecule has 0 bridgehead atoms. The summed E-state index contributed by atoms with van der Waals surface area (Å²) in [4.78, 5) is 26.9. The van der Waals surface area contributed by atoms with Gasteiger partial charge in [-0.2, -0.15) is 0 Å². The van der Waals surface area contributed by atoms with Gasteiger partial charge < -0.3 is 15.2 Å². The molecule has 6 nitrogen and oxygen atoms in total. The van der Waals surface area contributed by atoms with Crippen molar-refractivity contribution in [2.24, 2.45) is 0 Å². The molecule has 2 rings (SSSR count). The Morgan fingerprint density at radius 2 is 2.00 bits per heavy atom. The SMILES string of the molecule is COc1ccc(C=CC(=O)Nc2ccccc2C(=O)O)cn1. The normalized spacial score (nSPS) is 10.4. The lowest BCUT2D eigenvalue weighted by Gasteiger charge is -2.05. The van der Waals surface area contributed by atoms with Gasteiger partial charge in [0.2, 0.25) is 11.8 Å². The van der Waals surface area contributed by atoms with Crippen molar-refractivity contribution in [3.05, 3.63) is 59.8 Å². The lowest BCUT2D eigenvalue weighted by atomic mass is 10.2. The summed E-state index contributed by atoms with van der Waals surface area (Å²) in [7, 11) is 1.52. The van der Waals surface area contributed by atoms with E-state index in [9.17, 15) is 9.59 Å². The van der Waals surface area contributed by atoms with E-state index in [1.807, 2.05) is 0 Å². The fourth-order valence-corrected chi connectivity index (χ4v) is 1.74. The predicted octanol–water partition coefficient (Wildman–Crippen LogP) is 2.44. The zero-order chi connectivity index (χ0) is 15.9. The Labute approximate surface area is 127 Å². The van der Waals surface area contributed by atoms with Gasteiger partial charge in [0, 0.05) is 18.3 Å². The number of carbonyl (C=O) groups is 2. The summed E-state index contributed by atoms with van der Waals surface area (Å²) in [5.41, 5.74) is 1.01.